The second-order valence-corrected chi connectivity index (χ2v) is 5.59. The van der Waals surface area contributed by atoms with Crippen LogP contribution in [0.2, 0.25) is 0 Å². The van der Waals surface area contributed by atoms with E-state index in [1.165, 1.54) is 5.56 Å². The molecule has 2 aromatic rings. The normalized spacial score (nSPS) is 10.7. The van der Waals surface area contributed by atoms with Crippen molar-refractivity contribution in [2.24, 2.45) is 0 Å². The van der Waals surface area contributed by atoms with E-state index >= 15 is 0 Å². The van der Waals surface area contributed by atoms with Crippen molar-refractivity contribution < 1.29 is 4.79 Å². The molecule has 1 aromatic carbocycles. The molecular weight excluding hydrogens is 256 g/mol. The molecular formula is C15H18N2OS. The second-order valence-electron chi connectivity index (χ2n) is 4.70. The van der Waals surface area contributed by atoms with Gasteiger partial charge in [0.2, 0.25) is 5.91 Å². The summed E-state index contributed by atoms with van der Waals surface area (Å²) in [5, 5.41) is 5.85. The first-order valence-corrected chi connectivity index (χ1v) is 7.33. The molecule has 0 aliphatic heterocycles. The Bertz CT molecular complexity index is 562. The largest absolute Gasteiger partial charge is 0.325 e. The van der Waals surface area contributed by atoms with Gasteiger partial charge in [-0.15, -0.1) is 11.3 Å². The van der Waals surface area contributed by atoms with E-state index < -0.39 is 0 Å². The maximum atomic E-state index is 11.7. The van der Waals surface area contributed by atoms with E-state index in [2.05, 4.69) is 36.3 Å². The highest BCUT2D eigenvalue weighted by molar-refractivity contribution is 7.13. The van der Waals surface area contributed by atoms with Crippen molar-refractivity contribution in [2.45, 2.75) is 33.1 Å². The summed E-state index contributed by atoms with van der Waals surface area (Å²) in [6, 6.07) is 6.19. The number of benzene rings is 1. The molecule has 0 aliphatic carbocycles. The highest BCUT2D eigenvalue weighted by Gasteiger charge is 2.11. The summed E-state index contributed by atoms with van der Waals surface area (Å²) in [7, 11) is 0. The van der Waals surface area contributed by atoms with Gasteiger partial charge >= 0.3 is 0 Å². The fourth-order valence-electron chi connectivity index (χ4n) is 1.81. The first kappa shape index (κ1) is 13.7. The van der Waals surface area contributed by atoms with Crippen molar-refractivity contribution in [1.29, 1.82) is 0 Å². The molecule has 0 aliphatic rings. The Balaban J connectivity index is 2.44. The number of amides is 1. The summed E-state index contributed by atoms with van der Waals surface area (Å²) >= 11 is 1.58. The summed E-state index contributed by atoms with van der Waals surface area (Å²) in [5.74, 6) is 0.460. The van der Waals surface area contributed by atoms with Crippen LogP contribution in [0, 0.1) is 0 Å². The van der Waals surface area contributed by atoms with E-state index in [1.54, 1.807) is 17.5 Å². The van der Waals surface area contributed by atoms with Gasteiger partial charge in [-0.25, -0.2) is 4.98 Å². The van der Waals surface area contributed by atoms with Crippen LogP contribution in [0.5, 0.6) is 0 Å². The molecule has 0 saturated carbocycles. The topological polar surface area (TPSA) is 42.0 Å². The van der Waals surface area contributed by atoms with E-state index in [-0.39, 0.29) is 5.91 Å². The van der Waals surface area contributed by atoms with Gasteiger partial charge in [-0.1, -0.05) is 26.8 Å². The maximum Gasteiger partial charge on any atom is 0.224 e. The summed E-state index contributed by atoms with van der Waals surface area (Å²) in [6.45, 7) is 6.14. The Hall–Kier alpha value is -1.68. The van der Waals surface area contributed by atoms with Crippen molar-refractivity contribution in [2.75, 3.05) is 5.32 Å². The second kappa shape index (κ2) is 5.97. The quantitative estimate of drug-likeness (QED) is 0.904. The van der Waals surface area contributed by atoms with Crippen LogP contribution in [0.3, 0.4) is 0 Å². The zero-order valence-electron chi connectivity index (χ0n) is 11.4. The van der Waals surface area contributed by atoms with E-state index in [9.17, 15) is 4.79 Å². The van der Waals surface area contributed by atoms with Crippen LogP contribution in [0.1, 0.15) is 38.7 Å². The van der Waals surface area contributed by atoms with Gasteiger partial charge in [-0.3, -0.25) is 4.79 Å². The fraction of sp³-hybridized carbons (Fsp3) is 0.333. The third-order valence-electron chi connectivity index (χ3n) is 2.97. The van der Waals surface area contributed by atoms with Crippen molar-refractivity contribution in [3.05, 3.63) is 35.3 Å². The summed E-state index contributed by atoms with van der Waals surface area (Å²) in [4.78, 5) is 16.0. The highest BCUT2D eigenvalue weighted by Crippen LogP contribution is 2.32. The molecule has 0 unspecified atom stereocenters. The van der Waals surface area contributed by atoms with Gasteiger partial charge in [0.05, 0.1) is 5.69 Å². The lowest BCUT2D eigenvalue weighted by molar-refractivity contribution is -0.115. The van der Waals surface area contributed by atoms with Crippen LogP contribution < -0.4 is 5.32 Å². The summed E-state index contributed by atoms with van der Waals surface area (Å²) < 4.78 is 0. The van der Waals surface area contributed by atoms with E-state index in [4.69, 9.17) is 0 Å². The molecule has 0 bridgehead atoms. The van der Waals surface area contributed by atoms with Crippen molar-refractivity contribution >= 4 is 22.9 Å². The molecule has 1 heterocycles. The molecule has 0 atom stereocenters. The van der Waals surface area contributed by atoms with Crippen molar-refractivity contribution in [3.63, 3.8) is 0 Å². The fourth-order valence-corrected chi connectivity index (χ4v) is 2.48. The predicted octanol–water partition coefficient (Wildman–Crippen LogP) is 4.28. The average molecular weight is 274 g/mol. The number of hydrogen-bond donors (Lipinski definition) is 1. The molecule has 0 spiro atoms. The lowest BCUT2D eigenvalue weighted by Crippen LogP contribution is -2.10. The first-order valence-electron chi connectivity index (χ1n) is 6.45. The Morgan fingerprint density at radius 3 is 2.79 bits per heavy atom. The number of carbonyl (C=O) groups is 1. The Kier molecular flexibility index (Phi) is 4.32. The Labute approximate surface area is 117 Å². The maximum absolute atomic E-state index is 11.7. The number of anilines is 1. The molecule has 0 fully saturated rings. The van der Waals surface area contributed by atoms with Gasteiger partial charge < -0.3 is 5.32 Å². The van der Waals surface area contributed by atoms with E-state index in [0.717, 1.165) is 16.3 Å². The molecule has 3 nitrogen and oxygen atoms in total. The third-order valence-corrected chi connectivity index (χ3v) is 3.77. The van der Waals surface area contributed by atoms with Crippen LogP contribution in [0.4, 0.5) is 5.69 Å². The van der Waals surface area contributed by atoms with Gasteiger partial charge in [-0.2, -0.15) is 0 Å². The van der Waals surface area contributed by atoms with E-state index in [0.29, 0.717) is 12.3 Å². The first-order chi connectivity index (χ1) is 9.11. The van der Waals surface area contributed by atoms with Gasteiger partial charge in [0, 0.05) is 23.6 Å². The average Bonchev–Trinajstić information content (AvgIpc) is 2.92. The predicted molar refractivity (Wildman–Crippen MR) is 80.6 cm³/mol. The number of nitrogens with zero attached hydrogens (tertiary/aromatic N) is 1. The smallest absolute Gasteiger partial charge is 0.224 e. The van der Waals surface area contributed by atoms with Crippen LogP contribution >= 0.6 is 11.3 Å². The minimum absolute atomic E-state index is 0.0266. The van der Waals surface area contributed by atoms with Gasteiger partial charge in [0.1, 0.15) is 5.01 Å². The minimum atomic E-state index is 0.0266. The lowest BCUT2D eigenvalue weighted by atomic mass is 10.00. The number of carbonyl (C=O) groups excluding carboxylic acids is 1. The lowest BCUT2D eigenvalue weighted by Gasteiger charge is -2.13. The minimum Gasteiger partial charge on any atom is -0.325 e. The Morgan fingerprint density at radius 2 is 2.21 bits per heavy atom. The van der Waals surface area contributed by atoms with Crippen molar-refractivity contribution in [3.8, 4) is 10.6 Å². The molecule has 2 rings (SSSR count). The van der Waals surface area contributed by atoms with Crippen LogP contribution in [0.25, 0.3) is 10.6 Å². The standard InChI is InChI=1S/C15H18N2OS/c1-4-14(18)17-13-9-11(10(2)3)5-6-12(13)15-16-7-8-19-15/h5-10H,4H2,1-3H3,(H,17,18). The molecule has 1 N–H and O–H groups in total. The zero-order chi connectivity index (χ0) is 13.8. The SMILES string of the molecule is CCC(=O)Nc1cc(C(C)C)ccc1-c1nccs1. The number of hydrogen-bond acceptors (Lipinski definition) is 3. The molecule has 100 valence electrons. The number of aromatic nitrogens is 1. The molecule has 1 amide bonds. The molecule has 0 saturated heterocycles. The van der Waals surface area contributed by atoms with E-state index in [1.807, 2.05) is 18.4 Å². The monoisotopic (exact) mass is 274 g/mol. The number of thiazole rings is 1. The number of rotatable bonds is 4. The van der Waals surface area contributed by atoms with Gasteiger partial charge in [0.15, 0.2) is 0 Å². The summed E-state index contributed by atoms with van der Waals surface area (Å²) in [6.07, 6.45) is 2.25. The Morgan fingerprint density at radius 1 is 1.42 bits per heavy atom. The molecule has 19 heavy (non-hydrogen) atoms. The van der Waals surface area contributed by atoms with Crippen molar-refractivity contribution in [1.82, 2.24) is 4.98 Å². The van der Waals surface area contributed by atoms with Crippen LogP contribution in [-0.4, -0.2) is 10.9 Å². The van der Waals surface area contributed by atoms with Crippen LogP contribution in [-0.2, 0) is 4.79 Å². The third kappa shape index (κ3) is 3.20. The zero-order valence-corrected chi connectivity index (χ0v) is 12.3. The molecule has 4 heteroatoms. The van der Waals surface area contributed by atoms with Crippen LogP contribution in [0.15, 0.2) is 29.8 Å². The van der Waals surface area contributed by atoms with Gasteiger partial charge in [0.25, 0.3) is 0 Å². The highest BCUT2D eigenvalue weighted by atomic mass is 32.1. The van der Waals surface area contributed by atoms with Gasteiger partial charge in [-0.05, 0) is 23.6 Å². The summed E-state index contributed by atoms with van der Waals surface area (Å²) in [5.41, 5.74) is 3.06. The molecule has 1 aromatic heterocycles. The number of nitrogens with one attached hydrogen (secondary N) is 1. The molecule has 0 radical (unpaired) electrons.